The number of hydrogen-bond donors (Lipinski definition) is 1. The molecule has 0 amide bonds. The zero-order chi connectivity index (χ0) is 14.7. The lowest BCUT2D eigenvalue weighted by molar-refractivity contribution is 0.663. The maximum Gasteiger partial charge on any atom is 0.184 e. The zero-order valence-corrected chi connectivity index (χ0v) is 11.6. The lowest BCUT2D eigenvalue weighted by Crippen LogP contribution is -2.06. The fourth-order valence-corrected chi connectivity index (χ4v) is 2.09. The van der Waals surface area contributed by atoms with Gasteiger partial charge in [-0.25, -0.2) is 14.6 Å². The minimum absolute atomic E-state index is 0.386. The third-order valence-electron chi connectivity index (χ3n) is 3.01. The van der Waals surface area contributed by atoms with Crippen LogP contribution in [0, 0.1) is 19.3 Å². The van der Waals surface area contributed by atoms with E-state index in [9.17, 15) is 0 Å². The van der Waals surface area contributed by atoms with Gasteiger partial charge >= 0.3 is 0 Å². The average Bonchev–Trinajstić information content (AvgIpc) is 2.89. The molecule has 1 N–H and O–H groups in total. The van der Waals surface area contributed by atoms with Crippen molar-refractivity contribution in [1.29, 1.82) is 0 Å². The third kappa shape index (κ3) is 2.67. The molecule has 0 fully saturated rings. The number of benzene rings is 1. The second-order valence-electron chi connectivity index (χ2n) is 4.58. The highest BCUT2D eigenvalue weighted by molar-refractivity contribution is 5.82. The van der Waals surface area contributed by atoms with Gasteiger partial charge in [0.05, 0.1) is 13.1 Å². The smallest absolute Gasteiger partial charge is 0.184 e. The first kappa shape index (κ1) is 13.1. The Morgan fingerprint density at radius 3 is 2.81 bits per heavy atom. The molecule has 21 heavy (non-hydrogen) atoms. The van der Waals surface area contributed by atoms with Gasteiger partial charge in [0.1, 0.15) is 5.82 Å². The molecule has 0 bridgehead atoms. The van der Waals surface area contributed by atoms with E-state index in [1.54, 1.807) is 4.68 Å². The number of aryl methyl sites for hydroxylation is 1. The van der Waals surface area contributed by atoms with Crippen molar-refractivity contribution in [2.75, 3.05) is 11.9 Å². The second-order valence-corrected chi connectivity index (χ2v) is 4.58. The monoisotopic (exact) mass is 278 g/mol. The molecule has 6 nitrogen and oxygen atoms in total. The highest BCUT2D eigenvalue weighted by Crippen LogP contribution is 2.18. The summed E-state index contributed by atoms with van der Waals surface area (Å²) in [5, 5.41) is 11.4. The molecule has 0 aliphatic carbocycles. The van der Waals surface area contributed by atoms with Crippen LogP contribution in [0.4, 0.5) is 5.82 Å². The Hall–Kier alpha value is -2.94. The van der Waals surface area contributed by atoms with E-state index in [1.165, 1.54) is 0 Å². The van der Waals surface area contributed by atoms with Gasteiger partial charge in [-0.05, 0) is 12.5 Å². The number of hydrogen-bond acceptors (Lipinski definition) is 5. The lowest BCUT2D eigenvalue weighted by Gasteiger charge is -2.05. The van der Waals surface area contributed by atoms with Crippen LogP contribution in [0.2, 0.25) is 0 Å². The summed E-state index contributed by atoms with van der Waals surface area (Å²) >= 11 is 0. The normalized spacial score (nSPS) is 10.5. The Kier molecular flexibility index (Phi) is 3.48. The van der Waals surface area contributed by atoms with Gasteiger partial charge in [0.15, 0.2) is 17.0 Å². The zero-order valence-electron chi connectivity index (χ0n) is 11.6. The van der Waals surface area contributed by atoms with Crippen LogP contribution in [0.1, 0.15) is 11.4 Å². The molecule has 0 aliphatic heterocycles. The Bertz CT molecular complexity index is 800. The average molecular weight is 278 g/mol. The summed E-state index contributed by atoms with van der Waals surface area (Å²) in [6.45, 7) is 2.83. The van der Waals surface area contributed by atoms with Crippen LogP contribution in [-0.2, 0) is 6.54 Å². The summed E-state index contributed by atoms with van der Waals surface area (Å²) in [4.78, 5) is 8.76. The van der Waals surface area contributed by atoms with Crippen molar-refractivity contribution in [2.45, 2.75) is 13.5 Å². The van der Waals surface area contributed by atoms with E-state index in [1.807, 2.05) is 37.3 Å². The first-order chi connectivity index (χ1) is 10.3. The van der Waals surface area contributed by atoms with Gasteiger partial charge in [-0.1, -0.05) is 41.5 Å². The predicted molar refractivity (Wildman–Crippen MR) is 80.7 cm³/mol. The van der Waals surface area contributed by atoms with Gasteiger partial charge in [0.25, 0.3) is 0 Å². The second kappa shape index (κ2) is 5.59. The quantitative estimate of drug-likeness (QED) is 0.734. The standard InChI is InChI=1S/C15H14N6/c1-3-9-16-14-13-15(18-11(2)17-14)21(20-19-13)10-12-7-5-4-6-8-12/h1,4-8H,9-10H2,2H3,(H,16,17,18). The number of aromatic nitrogens is 5. The molecule has 0 aliphatic rings. The first-order valence-electron chi connectivity index (χ1n) is 6.57. The predicted octanol–water partition coefficient (Wildman–Crippen LogP) is 1.62. The maximum atomic E-state index is 5.27. The lowest BCUT2D eigenvalue weighted by atomic mass is 10.2. The largest absolute Gasteiger partial charge is 0.357 e. The van der Waals surface area contributed by atoms with Crippen LogP contribution in [0.5, 0.6) is 0 Å². The summed E-state index contributed by atoms with van der Waals surface area (Å²) < 4.78 is 1.76. The fourth-order valence-electron chi connectivity index (χ4n) is 2.09. The third-order valence-corrected chi connectivity index (χ3v) is 3.01. The maximum absolute atomic E-state index is 5.27. The van der Waals surface area contributed by atoms with Gasteiger partial charge in [-0.3, -0.25) is 0 Å². The molecule has 0 radical (unpaired) electrons. The molecule has 0 spiro atoms. The van der Waals surface area contributed by atoms with Gasteiger partial charge in [0, 0.05) is 0 Å². The van der Waals surface area contributed by atoms with Crippen molar-refractivity contribution in [3.8, 4) is 12.3 Å². The van der Waals surface area contributed by atoms with Crippen molar-refractivity contribution in [3.05, 3.63) is 41.7 Å². The number of rotatable bonds is 4. The van der Waals surface area contributed by atoms with E-state index in [0.29, 0.717) is 35.9 Å². The number of anilines is 1. The summed E-state index contributed by atoms with van der Waals surface area (Å²) in [6, 6.07) is 10.1. The molecule has 0 saturated heterocycles. The minimum atomic E-state index is 0.386. The van der Waals surface area contributed by atoms with E-state index in [2.05, 4.69) is 31.5 Å². The summed E-state index contributed by atoms with van der Waals surface area (Å²) in [7, 11) is 0. The molecule has 0 atom stereocenters. The van der Waals surface area contributed by atoms with Crippen LogP contribution >= 0.6 is 0 Å². The number of fused-ring (bicyclic) bond motifs is 1. The van der Waals surface area contributed by atoms with Crippen LogP contribution in [0.25, 0.3) is 11.2 Å². The van der Waals surface area contributed by atoms with Crippen molar-refractivity contribution < 1.29 is 0 Å². The van der Waals surface area contributed by atoms with Crippen molar-refractivity contribution >= 4 is 17.0 Å². The van der Waals surface area contributed by atoms with E-state index >= 15 is 0 Å². The van der Waals surface area contributed by atoms with Crippen molar-refractivity contribution in [1.82, 2.24) is 25.0 Å². The van der Waals surface area contributed by atoms with Gasteiger partial charge in [-0.15, -0.1) is 11.5 Å². The summed E-state index contributed by atoms with van der Waals surface area (Å²) in [6.07, 6.45) is 5.27. The molecule has 104 valence electrons. The molecule has 0 unspecified atom stereocenters. The SMILES string of the molecule is C#CCNc1nc(C)nc2c1nnn2Cc1ccccc1. The molecule has 2 heterocycles. The van der Waals surface area contributed by atoms with Crippen molar-refractivity contribution in [2.24, 2.45) is 0 Å². The van der Waals surface area contributed by atoms with E-state index in [4.69, 9.17) is 6.42 Å². The Balaban J connectivity index is 2.01. The van der Waals surface area contributed by atoms with E-state index < -0.39 is 0 Å². The number of nitrogens with one attached hydrogen (secondary N) is 1. The number of terminal acetylenes is 1. The Morgan fingerprint density at radius 2 is 2.05 bits per heavy atom. The Morgan fingerprint density at radius 1 is 1.24 bits per heavy atom. The molecule has 1 aromatic carbocycles. The van der Waals surface area contributed by atoms with Gasteiger partial charge in [-0.2, -0.15) is 0 Å². The fraction of sp³-hybridized carbons (Fsp3) is 0.200. The van der Waals surface area contributed by atoms with Crippen LogP contribution in [0.3, 0.4) is 0 Å². The summed E-state index contributed by atoms with van der Waals surface area (Å²) in [5.41, 5.74) is 2.47. The molecule has 3 aromatic rings. The van der Waals surface area contributed by atoms with E-state index in [0.717, 1.165) is 5.56 Å². The van der Waals surface area contributed by atoms with Gasteiger partial charge < -0.3 is 5.32 Å². The molecule has 2 aromatic heterocycles. The van der Waals surface area contributed by atoms with Crippen LogP contribution in [0.15, 0.2) is 30.3 Å². The topological polar surface area (TPSA) is 68.5 Å². The highest BCUT2D eigenvalue weighted by atomic mass is 15.4. The molecule has 3 rings (SSSR count). The van der Waals surface area contributed by atoms with Crippen LogP contribution < -0.4 is 5.32 Å². The molecular weight excluding hydrogens is 264 g/mol. The molecular formula is C15H14N6. The molecule has 6 heteroatoms. The molecule has 0 saturated carbocycles. The first-order valence-corrected chi connectivity index (χ1v) is 6.57. The Labute approximate surface area is 122 Å². The van der Waals surface area contributed by atoms with Crippen molar-refractivity contribution in [3.63, 3.8) is 0 Å². The minimum Gasteiger partial charge on any atom is -0.357 e. The number of nitrogens with zero attached hydrogens (tertiary/aromatic N) is 5. The summed E-state index contributed by atoms with van der Waals surface area (Å²) in [5.74, 6) is 3.79. The highest BCUT2D eigenvalue weighted by Gasteiger charge is 2.13. The van der Waals surface area contributed by atoms with Crippen LogP contribution in [-0.4, -0.2) is 31.5 Å². The van der Waals surface area contributed by atoms with E-state index in [-0.39, 0.29) is 0 Å². The van der Waals surface area contributed by atoms with Gasteiger partial charge in [0.2, 0.25) is 0 Å².